The molecule has 8 heteroatoms. The first-order valence-electron chi connectivity index (χ1n) is 9.94. The van der Waals surface area contributed by atoms with Gasteiger partial charge in [-0.05, 0) is 62.9 Å². The van der Waals surface area contributed by atoms with Crippen LogP contribution in [-0.4, -0.2) is 45.8 Å². The summed E-state index contributed by atoms with van der Waals surface area (Å²) in [4.78, 5) is 26.4. The summed E-state index contributed by atoms with van der Waals surface area (Å²) in [6, 6.07) is 5.75. The smallest absolute Gasteiger partial charge is 0.331 e. The van der Waals surface area contributed by atoms with Crippen molar-refractivity contribution in [3.8, 4) is 5.69 Å². The van der Waals surface area contributed by atoms with E-state index in [9.17, 15) is 14.0 Å². The molecule has 0 N–H and O–H groups in total. The number of esters is 1. The zero-order valence-corrected chi connectivity index (χ0v) is 18.0. The molecule has 0 bridgehead atoms. The van der Waals surface area contributed by atoms with Crippen LogP contribution >= 0.6 is 11.6 Å². The molecule has 1 saturated heterocycles. The van der Waals surface area contributed by atoms with Crippen molar-refractivity contribution in [3.05, 3.63) is 52.6 Å². The van der Waals surface area contributed by atoms with Gasteiger partial charge in [-0.2, -0.15) is 5.10 Å². The minimum atomic E-state index is -0.853. The first kappa shape index (κ1) is 22.0. The molecule has 3 rings (SSSR count). The Balaban J connectivity index is 1.64. The highest BCUT2D eigenvalue weighted by Gasteiger charge is 2.26. The second-order valence-corrected chi connectivity index (χ2v) is 7.96. The Morgan fingerprint density at radius 1 is 1.27 bits per heavy atom. The van der Waals surface area contributed by atoms with Gasteiger partial charge < -0.3 is 9.64 Å². The van der Waals surface area contributed by atoms with Gasteiger partial charge in [0, 0.05) is 24.7 Å². The van der Waals surface area contributed by atoms with E-state index >= 15 is 0 Å². The van der Waals surface area contributed by atoms with Gasteiger partial charge in [0.05, 0.1) is 11.4 Å². The van der Waals surface area contributed by atoms with Crippen LogP contribution in [0.4, 0.5) is 4.39 Å². The molecule has 0 aliphatic carbocycles. The average Bonchev–Trinajstić information content (AvgIpc) is 3.00. The largest absolute Gasteiger partial charge is 0.449 e. The van der Waals surface area contributed by atoms with Crippen molar-refractivity contribution < 1.29 is 18.7 Å². The number of nitrogens with zero attached hydrogens (tertiary/aromatic N) is 3. The fraction of sp³-hybridized carbons (Fsp3) is 0.409. The summed E-state index contributed by atoms with van der Waals surface area (Å²) in [6.07, 6.45) is 3.80. The Bertz CT molecular complexity index is 947. The van der Waals surface area contributed by atoms with Crippen LogP contribution in [-0.2, 0) is 14.3 Å². The summed E-state index contributed by atoms with van der Waals surface area (Å²) in [6.45, 7) is 6.88. The number of benzene rings is 1. The molecule has 1 aromatic heterocycles. The van der Waals surface area contributed by atoms with Crippen LogP contribution in [0.3, 0.4) is 0 Å². The van der Waals surface area contributed by atoms with Crippen molar-refractivity contribution in [2.24, 2.45) is 5.92 Å². The summed E-state index contributed by atoms with van der Waals surface area (Å²) in [7, 11) is 0. The lowest BCUT2D eigenvalue weighted by atomic mass is 9.99. The van der Waals surface area contributed by atoms with E-state index < -0.39 is 12.1 Å². The lowest BCUT2D eigenvalue weighted by Crippen LogP contribution is -2.43. The number of amides is 1. The predicted molar refractivity (Wildman–Crippen MR) is 113 cm³/mol. The van der Waals surface area contributed by atoms with E-state index in [4.69, 9.17) is 16.3 Å². The zero-order chi connectivity index (χ0) is 21.8. The maximum absolute atomic E-state index is 13.1. The third kappa shape index (κ3) is 5.08. The van der Waals surface area contributed by atoms with Crippen LogP contribution < -0.4 is 0 Å². The standard InChI is InChI=1S/C22H25ClFN3O3/c1-14-10-12-26(13-11-14)22(29)16(3)30-20(28)9-8-19-15(2)25-27(21(19)23)18-6-4-17(24)5-7-18/h4-9,14,16H,10-13H2,1-3H3/b9-8+. The Labute approximate surface area is 180 Å². The van der Waals surface area contributed by atoms with Crippen LogP contribution in [0.2, 0.25) is 5.15 Å². The Morgan fingerprint density at radius 2 is 1.90 bits per heavy atom. The molecule has 1 aromatic carbocycles. The highest BCUT2D eigenvalue weighted by molar-refractivity contribution is 6.31. The van der Waals surface area contributed by atoms with Crippen molar-refractivity contribution in [2.75, 3.05) is 13.1 Å². The number of ether oxygens (including phenoxy) is 1. The van der Waals surface area contributed by atoms with E-state index in [2.05, 4.69) is 12.0 Å². The fourth-order valence-electron chi connectivity index (χ4n) is 3.36. The number of hydrogen-bond donors (Lipinski definition) is 0. The molecule has 0 radical (unpaired) electrons. The maximum atomic E-state index is 13.1. The fourth-order valence-corrected chi connectivity index (χ4v) is 3.69. The summed E-state index contributed by atoms with van der Waals surface area (Å²) in [5.74, 6) is -0.559. The van der Waals surface area contributed by atoms with Crippen molar-refractivity contribution in [2.45, 2.75) is 39.7 Å². The molecule has 1 aliphatic rings. The lowest BCUT2D eigenvalue weighted by Gasteiger charge is -2.31. The molecular formula is C22H25ClFN3O3. The second kappa shape index (κ2) is 9.43. The highest BCUT2D eigenvalue weighted by atomic mass is 35.5. The van der Waals surface area contributed by atoms with Crippen molar-refractivity contribution in [1.29, 1.82) is 0 Å². The van der Waals surface area contributed by atoms with Crippen LogP contribution in [0.25, 0.3) is 11.8 Å². The number of aromatic nitrogens is 2. The van der Waals surface area contributed by atoms with Gasteiger partial charge in [-0.1, -0.05) is 18.5 Å². The molecule has 1 aliphatic heterocycles. The van der Waals surface area contributed by atoms with Gasteiger partial charge in [-0.3, -0.25) is 4.79 Å². The van der Waals surface area contributed by atoms with Crippen LogP contribution in [0.1, 0.15) is 37.9 Å². The monoisotopic (exact) mass is 433 g/mol. The molecule has 1 fully saturated rings. The highest BCUT2D eigenvalue weighted by Crippen LogP contribution is 2.25. The van der Waals surface area contributed by atoms with Gasteiger partial charge in [-0.25, -0.2) is 13.9 Å². The number of piperidine rings is 1. The van der Waals surface area contributed by atoms with Crippen molar-refractivity contribution in [3.63, 3.8) is 0 Å². The first-order valence-corrected chi connectivity index (χ1v) is 10.3. The van der Waals surface area contributed by atoms with Crippen LogP contribution in [0, 0.1) is 18.7 Å². The third-order valence-corrected chi connectivity index (χ3v) is 5.60. The van der Waals surface area contributed by atoms with Gasteiger partial charge in [0.2, 0.25) is 0 Å². The van der Waals surface area contributed by atoms with Gasteiger partial charge in [0.25, 0.3) is 5.91 Å². The number of hydrogen-bond acceptors (Lipinski definition) is 4. The number of aryl methyl sites for hydroxylation is 1. The van der Waals surface area contributed by atoms with E-state index in [1.807, 2.05) is 0 Å². The molecule has 1 amide bonds. The van der Waals surface area contributed by atoms with Crippen molar-refractivity contribution >= 4 is 29.6 Å². The number of likely N-dealkylation sites (tertiary alicyclic amines) is 1. The summed E-state index contributed by atoms with van der Waals surface area (Å²) < 4.78 is 19.9. The van der Waals surface area contributed by atoms with Crippen molar-refractivity contribution in [1.82, 2.24) is 14.7 Å². The Morgan fingerprint density at radius 3 is 2.53 bits per heavy atom. The van der Waals surface area contributed by atoms with E-state index in [0.717, 1.165) is 12.8 Å². The molecule has 1 atom stereocenters. The molecule has 0 spiro atoms. The SMILES string of the molecule is Cc1nn(-c2ccc(F)cc2)c(Cl)c1/C=C/C(=O)OC(C)C(=O)N1CCC(C)CC1. The molecule has 2 heterocycles. The van der Waals surface area contributed by atoms with E-state index in [0.29, 0.717) is 36.0 Å². The third-order valence-electron chi connectivity index (χ3n) is 5.24. The van der Waals surface area contributed by atoms with Crippen LogP contribution in [0.5, 0.6) is 0 Å². The van der Waals surface area contributed by atoms with Gasteiger partial charge in [0.1, 0.15) is 11.0 Å². The second-order valence-electron chi connectivity index (χ2n) is 7.60. The van der Waals surface area contributed by atoms with Gasteiger partial charge in [0.15, 0.2) is 6.10 Å². The topological polar surface area (TPSA) is 64.4 Å². The minimum Gasteiger partial charge on any atom is -0.449 e. The molecule has 2 aromatic rings. The predicted octanol–water partition coefficient (Wildman–Crippen LogP) is 4.18. The number of halogens is 2. The molecule has 160 valence electrons. The average molecular weight is 434 g/mol. The molecule has 0 saturated carbocycles. The summed E-state index contributed by atoms with van der Waals surface area (Å²) in [5, 5.41) is 4.63. The number of rotatable bonds is 5. The van der Waals surface area contributed by atoms with E-state index in [-0.39, 0.29) is 16.9 Å². The summed E-state index contributed by atoms with van der Waals surface area (Å²) in [5.41, 5.74) is 1.74. The Hall–Kier alpha value is -2.67. The molecule has 6 nitrogen and oxygen atoms in total. The quantitative estimate of drug-likeness (QED) is 0.524. The van der Waals surface area contributed by atoms with E-state index in [1.54, 1.807) is 30.9 Å². The molecular weight excluding hydrogens is 409 g/mol. The number of carbonyl (C=O) groups is 2. The van der Waals surface area contributed by atoms with Crippen LogP contribution in [0.15, 0.2) is 30.3 Å². The van der Waals surface area contributed by atoms with E-state index in [1.165, 1.54) is 29.0 Å². The lowest BCUT2D eigenvalue weighted by molar-refractivity contribution is -0.156. The summed E-state index contributed by atoms with van der Waals surface area (Å²) >= 11 is 6.40. The number of carbonyl (C=O) groups excluding carboxylic acids is 2. The zero-order valence-electron chi connectivity index (χ0n) is 17.3. The minimum absolute atomic E-state index is 0.179. The van der Waals surface area contributed by atoms with Gasteiger partial charge >= 0.3 is 5.97 Å². The molecule has 1 unspecified atom stereocenters. The Kier molecular flexibility index (Phi) is 6.92. The van der Waals surface area contributed by atoms with Gasteiger partial charge in [-0.15, -0.1) is 0 Å². The molecule has 30 heavy (non-hydrogen) atoms. The normalized spacial score (nSPS) is 16.1. The first-order chi connectivity index (χ1) is 14.3. The maximum Gasteiger partial charge on any atom is 0.331 e.